The molecule has 4 heterocycles. The molecule has 252 valence electrons. The fourth-order valence-corrected chi connectivity index (χ4v) is 7.72. The molecule has 10 rings (SSSR count). The van der Waals surface area contributed by atoms with Gasteiger partial charge in [-0.3, -0.25) is 15.0 Å². The topological polar surface area (TPSA) is 70.6 Å². The molecule has 0 aliphatic rings. The molecule has 0 atom stereocenters. The van der Waals surface area contributed by atoms with Crippen molar-refractivity contribution < 1.29 is 0 Å². The van der Waals surface area contributed by atoms with Gasteiger partial charge in [0.15, 0.2) is 0 Å². The minimum absolute atomic E-state index is 0.599. The number of para-hydroxylation sites is 1. The van der Waals surface area contributed by atoms with Crippen molar-refractivity contribution in [3.63, 3.8) is 0 Å². The summed E-state index contributed by atoms with van der Waals surface area (Å²) in [6, 6.07) is 54.7. The third kappa shape index (κ3) is 5.23. The predicted molar refractivity (Wildman–Crippen MR) is 219 cm³/mol. The Hall–Kier alpha value is -7.62. The molecular weight excluding hydrogens is 661 g/mol. The van der Waals surface area contributed by atoms with Crippen LogP contribution in [0.15, 0.2) is 183 Å². The average Bonchev–Trinajstić information content (AvgIpc) is 3.60. The zero-order valence-corrected chi connectivity index (χ0v) is 29.0. The fourth-order valence-electron chi connectivity index (χ4n) is 7.72. The summed E-state index contributed by atoms with van der Waals surface area (Å²) in [6.07, 6.45) is 9.27. The highest BCUT2D eigenvalue weighted by Crippen LogP contribution is 2.43. The smallest absolute Gasteiger partial charge is 0.0991 e. The Labute approximate surface area is 311 Å². The summed E-state index contributed by atoms with van der Waals surface area (Å²) in [4.78, 5) is 16.1. The van der Waals surface area contributed by atoms with Gasteiger partial charge in [0.1, 0.15) is 0 Å². The summed E-state index contributed by atoms with van der Waals surface area (Å²) in [5.41, 5.74) is 12.9. The van der Waals surface area contributed by atoms with E-state index in [0.717, 1.165) is 56.3 Å². The molecule has 10 aromatic rings. The van der Waals surface area contributed by atoms with E-state index in [2.05, 4.69) is 141 Å². The molecule has 0 saturated carbocycles. The minimum atomic E-state index is 0.599. The maximum atomic E-state index is 9.60. The van der Waals surface area contributed by atoms with Gasteiger partial charge in [-0.25, -0.2) is 0 Å². The summed E-state index contributed by atoms with van der Waals surface area (Å²) < 4.78 is 2.36. The number of aromatic nitrogens is 4. The second-order valence-corrected chi connectivity index (χ2v) is 13.3. The normalized spacial score (nSPS) is 11.3. The lowest BCUT2D eigenvalue weighted by Gasteiger charge is -2.26. The van der Waals surface area contributed by atoms with Crippen LogP contribution in [0, 0.1) is 11.3 Å². The van der Waals surface area contributed by atoms with E-state index in [0.29, 0.717) is 5.56 Å². The van der Waals surface area contributed by atoms with Crippen LogP contribution in [0.5, 0.6) is 0 Å². The lowest BCUT2D eigenvalue weighted by Crippen LogP contribution is -2.11. The lowest BCUT2D eigenvalue weighted by molar-refractivity contribution is 1.18. The molecule has 0 aliphatic heterocycles. The van der Waals surface area contributed by atoms with Crippen molar-refractivity contribution in [3.8, 4) is 45.3 Å². The molecule has 0 unspecified atom stereocenters. The van der Waals surface area contributed by atoms with Crippen LogP contribution in [0.2, 0.25) is 0 Å². The number of hydrogen-bond acceptors (Lipinski definition) is 5. The van der Waals surface area contributed by atoms with Crippen molar-refractivity contribution in [1.82, 2.24) is 19.5 Å². The van der Waals surface area contributed by atoms with Crippen LogP contribution in [-0.2, 0) is 0 Å². The molecule has 54 heavy (non-hydrogen) atoms. The number of hydrogen-bond donors (Lipinski definition) is 0. The Morgan fingerprint density at radius 3 is 1.91 bits per heavy atom. The Morgan fingerprint density at radius 2 is 1.24 bits per heavy atom. The maximum absolute atomic E-state index is 9.60. The second-order valence-electron chi connectivity index (χ2n) is 13.3. The third-order valence-corrected chi connectivity index (χ3v) is 10.2. The summed E-state index contributed by atoms with van der Waals surface area (Å²) in [7, 11) is 0. The van der Waals surface area contributed by atoms with Crippen molar-refractivity contribution in [3.05, 3.63) is 188 Å². The molecule has 0 bridgehead atoms. The number of anilines is 3. The number of nitriles is 1. The lowest BCUT2D eigenvalue weighted by atomic mass is 9.96. The van der Waals surface area contributed by atoms with E-state index in [1.165, 1.54) is 32.6 Å². The highest BCUT2D eigenvalue weighted by Gasteiger charge is 2.20. The Bertz CT molecular complexity index is 2910. The largest absolute Gasteiger partial charge is 0.309 e. The molecule has 0 radical (unpaired) electrons. The van der Waals surface area contributed by atoms with Gasteiger partial charge in [0, 0.05) is 69.3 Å². The molecule has 0 amide bonds. The minimum Gasteiger partial charge on any atom is -0.309 e. The van der Waals surface area contributed by atoms with Gasteiger partial charge in [-0.05, 0) is 113 Å². The molecular formula is C48H30N6. The summed E-state index contributed by atoms with van der Waals surface area (Å²) in [6.45, 7) is 0. The van der Waals surface area contributed by atoms with Crippen LogP contribution in [-0.4, -0.2) is 19.5 Å². The van der Waals surface area contributed by atoms with Crippen molar-refractivity contribution in [2.75, 3.05) is 4.90 Å². The van der Waals surface area contributed by atoms with Crippen LogP contribution in [0.25, 0.3) is 71.8 Å². The summed E-state index contributed by atoms with van der Waals surface area (Å²) in [5.74, 6) is 0. The highest BCUT2D eigenvalue weighted by atomic mass is 15.1. The molecule has 6 nitrogen and oxygen atoms in total. The number of benzene rings is 6. The van der Waals surface area contributed by atoms with Gasteiger partial charge in [0.05, 0.1) is 40.2 Å². The first-order chi connectivity index (χ1) is 26.7. The monoisotopic (exact) mass is 690 g/mol. The number of pyridine rings is 3. The second kappa shape index (κ2) is 12.9. The van der Waals surface area contributed by atoms with E-state index in [1.807, 2.05) is 55.0 Å². The number of rotatable bonds is 7. The molecule has 0 N–H and O–H groups in total. The standard InChI is InChI=1S/C48H30N6/c49-28-32-13-16-39(17-14-32)53(41-26-36(34-8-5-23-50-29-34)25-37(27-41)35-9-6-24-51-30-35)40-18-21-44(52-31-40)42-20-22-46-48-43(42)19-15-33-7-4-12-45(47(33)48)54(46)38-10-2-1-3-11-38/h1-27,29-31H. The van der Waals surface area contributed by atoms with E-state index < -0.39 is 0 Å². The third-order valence-electron chi connectivity index (χ3n) is 10.2. The van der Waals surface area contributed by atoms with Crippen molar-refractivity contribution >= 4 is 49.6 Å². The number of nitrogens with zero attached hydrogens (tertiary/aromatic N) is 6. The van der Waals surface area contributed by atoms with Gasteiger partial charge < -0.3 is 9.47 Å². The quantitative estimate of drug-likeness (QED) is 0.156. The van der Waals surface area contributed by atoms with Crippen LogP contribution in [0.1, 0.15) is 5.56 Å². The van der Waals surface area contributed by atoms with Crippen molar-refractivity contribution in [2.24, 2.45) is 0 Å². The molecule has 0 fully saturated rings. The van der Waals surface area contributed by atoms with Crippen molar-refractivity contribution in [1.29, 1.82) is 5.26 Å². The van der Waals surface area contributed by atoms with E-state index in [4.69, 9.17) is 4.98 Å². The van der Waals surface area contributed by atoms with Crippen LogP contribution < -0.4 is 4.90 Å². The van der Waals surface area contributed by atoms with Gasteiger partial charge in [-0.2, -0.15) is 5.26 Å². The Morgan fingerprint density at radius 1 is 0.519 bits per heavy atom. The van der Waals surface area contributed by atoms with Gasteiger partial charge >= 0.3 is 0 Å². The van der Waals surface area contributed by atoms with Crippen molar-refractivity contribution in [2.45, 2.75) is 0 Å². The maximum Gasteiger partial charge on any atom is 0.0991 e. The van der Waals surface area contributed by atoms with E-state index in [1.54, 1.807) is 12.4 Å². The Balaban J connectivity index is 1.13. The van der Waals surface area contributed by atoms with Crippen LogP contribution in [0.4, 0.5) is 17.1 Å². The molecule has 4 aromatic heterocycles. The highest BCUT2D eigenvalue weighted by molar-refractivity contribution is 6.26. The van der Waals surface area contributed by atoms with E-state index in [9.17, 15) is 5.26 Å². The van der Waals surface area contributed by atoms with E-state index in [-0.39, 0.29) is 0 Å². The zero-order chi connectivity index (χ0) is 36.0. The van der Waals surface area contributed by atoms with Gasteiger partial charge in [-0.1, -0.05) is 60.7 Å². The van der Waals surface area contributed by atoms with Gasteiger partial charge in [-0.15, -0.1) is 0 Å². The molecule has 0 aliphatic carbocycles. The first-order valence-corrected chi connectivity index (χ1v) is 17.8. The van der Waals surface area contributed by atoms with Crippen LogP contribution in [0.3, 0.4) is 0 Å². The molecule has 0 spiro atoms. The zero-order valence-electron chi connectivity index (χ0n) is 29.0. The van der Waals surface area contributed by atoms with Gasteiger partial charge in [0.25, 0.3) is 0 Å². The summed E-state index contributed by atoms with van der Waals surface area (Å²) >= 11 is 0. The first kappa shape index (κ1) is 31.1. The molecule has 6 heteroatoms. The predicted octanol–water partition coefficient (Wildman–Crippen LogP) is 11.9. The molecule has 0 saturated heterocycles. The van der Waals surface area contributed by atoms with Crippen LogP contribution >= 0.6 is 0 Å². The average molecular weight is 691 g/mol. The SMILES string of the molecule is N#Cc1ccc(N(c2ccc(-c3ccc4c5c3ccc3cccc(c35)n4-c3ccccc3)nc2)c2cc(-c3cccnc3)cc(-c3cccnc3)c2)cc1. The summed E-state index contributed by atoms with van der Waals surface area (Å²) in [5, 5.41) is 14.5. The van der Waals surface area contributed by atoms with E-state index >= 15 is 0 Å². The Kier molecular flexibility index (Phi) is 7.41. The molecule has 6 aromatic carbocycles. The first-order valence-electron chi connectivity index (χ1n) is 17.8. The fraction of sp³-hybridized carbons (Fsp3) is 0. The van der Waals surface area contributed by atoms with Gasteiger partial charge in [0.2, 0.25) is 0 Å².